The summed E-state index contributed by atoms with van der Waals surface area (Å²) < 4.78 is 80.3. The van der Waals surface area contributed by atoms with Gasteiger partial charge in [-0.3, -0.25) is 0 Å². The molecule has 0 radical (unpaired) electrons. The van der Waals surface area contributed by atoms with Crippen molar-refractivity contribution in [3.8, 4) is 0 Å². The van der Waals surface area contributed by atoms with Gasteiger partial charge in [0.25, 0.3) is 0 Å². The van der Waals surface area contributed by atoms with E-state index >= 15 is 0 Å². The Hall–Kier alpha value is -1.01. The van der Waals surface area contributed by atoms with Crippen LogP contribution in [-0.4, -0.2) is 60.2 Å². The number of sulfone groups is 1. The fourth-order valence-corrected chi connectivity index (χ4v) is 9.78. The molecule has 4 rings (SSSR count). The molecule has 2 aliphatic carbocycles. The summed E-state index contributed by atoms with van der Waals surface area (Å²) in [6, 6.07) is 4.70. The summed E-state index contributed by atoms with van der Waals surface area (Å²) >= 11 is 0. The van der Waals surface area contributed by atoms with Crippen molar-refractivity contribution in [1.82, 2.24) is 9.03 Å². The van der Waals surface area contributed by atoms with E-state index < -0.39 is 35.9 Å². The van der Waals surface area contributed by atoms with Gasteiger partial charge >= 0.3 is 0 Å². The largest absolute Gasteiger partial charge is 0.243 e. The van der Waals surface area contributed by atoms with Crippen LogP contribution in [0.25, 0.3) is 0 Å². The minimum absolute atomic E-state index is 0.0128. The number of nitrogens with one attached hydrogen (secondary N) is 1. The zero-order valence-electron chi connectivity index (χ0n) is 19.2. The number of benzene rings is 1. The number of hydrogen-bond donors (Lipinski definition) is 1. The first-order valence-corrected chi connectivity index (χ1v) is 16.5. The first-order chi connectivity index (χ1) is 15.4. The Morgan fingerprint density at radius 1 is 0.970 bits per heavy atom. The fourth-order valence-electron chi connectivity index (χ4n) is 5.18. The van der Waals surface area contributed by atoms with Gasteiger partial charge in [0.05, 0.1) is 21.3 Å². The smallest absolute Gasteiger partial charge is 0.229 e. The Kier molecular flexibility index (Phi) is 7.01. The third-order valence-electron chi connectivity index (χ3n) is 7.74. The maximum absolute atomic E-state index is 13.3. The summed E-state index contributed by atoms with van der Waals surface area (Å²) in [5.74, 6) is 1.04. The van der Waals surface area contributed by atoms with E-state index in [2.05, 4.69) is 18.6 Å². The normalized spacial score (nSPS) is 31.3. The summed E-state index contributed by atoms with van der Waals surface area (Å²) in [7, 11) is -10.9. The van der Waals surface area contributed by atoms with Gasteiger partial charge in [-0.05, 0) is 67.2 Å². The van der Waals surface area contributed by atoms with Gasteiger partial charge in [0, 0.05) is 19.1 Å². The van der Waals surface area contributed by atoms with Crippen LogP contribution in [0.15, 0.2) is 34.1 Å². The molecule has 0 amide bonds. The van der Waals surface area contributed by atoms with Gasteiger partial charge in [-0.25, -0.2) is 30.0 Å². The van der Waals surface area contributed by atoms with Crippen LogP contribution >= 0.6 is 0 Å². The summed E-state index contributed by atoms with van der Waals surface area (Å²) in [5, 5.41) is 0. The van der Waals surface area contributed by atoms with Gasteiger partial charge < -0.3 is 0 Å². The number of nitrogens with zero attached hydrogens (tertiary/aromatic N) is 1. The predicted octanol–water partition coefficient (Wildman–Crippen LogP) is 2.23. The van der Waals surface area contributed by atoms with Crippen LogP contribution in [0.3, 0.4) is 0 Å². The van der Waals surface area contributed by atoms with E-state index in [9.17, 15) is 25.3 Å². The van der Waals surface area contributed by atoms with Crippen LogP contribution < -0.4 is 4.72 Å². The molecule has 0 aromatic heterocycles. The van der Waals surface area contributed by atoms with E-state index in [4.69, 9.17) is 0 Å². The molecule has 2 saturated carbocycles. The van der Waals surface area contributed by atoms with Gasteiger partial charge in [0.1, 0.15) is 0 Å². The summed E-state index contributed by atoms with van der Waals surface area (Å²) in [6.45, 7) is 4.68. The average Bonchev–Trinajstić information content (AvgIpc) is 3.59. The molecule has 1 aromatic rings. The quantitative estimate of drug-likeness (QED) is 0.592. The van der Waals surface area contributed by atoms with E-state index in [-0.39, 0.29) is 39.7 Å². The zero-order valence-corrected chi connectivity index (χ0v) is 21.6. The van der Waals surface area contributed by atoms with Crippen LogP contribution in [0.5, 0.6) is 0 Å². The molecule has 1 heterocycles. The van der Waals surface area contributed by atoms with E-state index in [1.807, 2.05) is 0 Å². The molecule has 4 unspecified atom stereocenters. The highest BCUT2D eigenvalue weighted by Crippen LogP contribution is 2.39. The maximum Gasteiger partial charge on any atom is 0.243 e. The number of rotatable bonds is 7. The minimum atomic E-state index is -3.92. The molecule has 3 aliphatic rings. The monoisotopic (exact) mass is 518 g/mol. The molecule has 3 fully saturated rings. The minimum Gasteiger partial charge on any atom is -0.229 e. The molecule has 1 N–H and O–H groups in total. The third-order valence-corrected chi connectivity index (χ3v) is 12.8. The maximum atomic E-state index is 13.3. The van der Waals surface area contributed by atoms with Crippen molar-refractivity contribution in [3.05, 3.63) is 24.3 Å². The first kappa shape index (κ1) is 25.1. The van der Waals surface area contributed by atoms with Crippen LogP contribution in [0, 0.1) is 23.7 Å². The van der Waals surface area contributed by atoms with E-state index in [0.717, 1.165) is 25.7 Å². The molecule has 186 valence electrons. The van der Waals surface area contributed by atoms with Gasteiger partial charge in [-0.1, -0.05) is 26.7 Å². The number of sulfonamides is 2. The summed E-state index contributed by atoms with van der Waals surface area (Å²) in [4.78, 5) is 0.0130. The molecule has 1 aromatic carbocycles. The average molecular weight is 519 g/mol. The zero-order chi connectivity index (χ0) is 24.0. The molecule has 0 bridgehead atoms. The predicted molar refractivity (Wildman–Crippen MR) is 126 cm³/mol. The second-order valence-electron chi connectivity index (χ2n) is 9.99. The third kappa shape index (κ3) is 5.47. The highest BCUT2D eigenvalue weighted by atomic mass is 32.2. The van der Waals surface area contributed by atoms with Gasteiger partial charge in [-0.15, -0.1) is 0 Å². The standard InChI is InChI=1S/C22H34N2O6S3/c1-16-4-3-5-19(17(16)2)14-23-32(27,28)20-8-10-21(11-9-20)33(29,30)24-12-13-31(25,26)15-22(24)18-6-7-18/h8-11,16-19,22-23H,3-7,12-15H2,1-2H3. The molecule has 0 spiro atoms. The molecule has 1 aliphatic heterocycles. The Labute approximate surface area is 198 Å². The second kappa shape index (κ2) is 9.22. The molecule has 1 saturated heterocycles. The Balaban J connectivity index is 1.48. The van der Waals surface area contributed by atoms with Crippen LogP contribution in [0.4, 0.5) is 0 Å². The van der Waals surface area contributed by atoms with Crippen LogP contribution in [0.2, 0.25) is 0 Å². The lowest BCUT2D eigenvalue weighted by atomic mass is 9.74. The lowest BCUT2D eigenvalue weighted by Gasteiger charge is -2.34. The topological polar surface area (TPSA) is 118 Å². The highest BCUT2D eigenvalue weighted by Gasteiger charge is 2.46. The Morgan fingerprint density at radius 2 is 1.61 bits per heavy atom. The van der Waals surface area contributed by atoms with Crippen molar-refractivity contribution in [3.63, 3.8) is 0 Å². The lowest BCUT2D eigenvalue weighted by molar-refractivity contribution is 0.184. The molecule has 33 heavy (non-hydrogen) atoms. The second-order valence-corrected chi connectivity index (χ2v) is 15.9. The van der Waals surface area contributed by atoms with Crippen LogP contribution in [0.1, 0.15) is 46.0 Å². The number of hydrogen-bond acceptors (Lipinski definition) is 6. The molecule has 11 heteroatoms. The van der Waals surface area contributed by atoms with Gasteiger partial charge in [0.2, 0.25) is 20.0 Å². The molecule has 8 nitrogen and oxygen atoms in total. The van der Waals surface area contributed by atoms with Crippen molar-refractivity contribution in [2.24, 2.45) is 23.7 Å². The van der Waals surface area contributed by atoms with Crippen molar-refractivity contribution in [1.29, 1.82) is 0 Å². The van der Waals surface area contributed by atoms with Crippen molar-refractivity contribution in [2.75, 3.05) is 24.6 Å². The van der Waals surface area contributed by atoms with Gasteiger partial charge in [0.15, 0.2) is 9.84 Å². The highest BCUT2D eigenvalue weighted by molar-refractivity contribution is 7.92. The van der Waals surface area contributed by atoms with Crippen molar-refractivity contribution < 1.29 is 25.3 Å². The summed E-state index contributed by atoms with van der Waals surface area (Å²) in [5.41, 5.74) is 0. The SMILES string of the molecule is CC1CCCC(CNS(=O)(=O)c2ccc(S(=O)(=O)N3CCS(=O)(=O)CC3C3CC3)cc2)C1C. The van der Waals surface area contributed by atoms with E-state index in [0.29, 0.717) is 18.4 Å². The molecular formula is C22H34N2O6S3. The van der Waals surface area contributed by atoms with Crippen molar-refractivity contribution >= 4 is 29.9 Å². The van der Waals surface area contributed by atoms with Gasteiger partial charge in [-0.2, -0.15) is 4.31 Å². The fraction of sp³-hybridized carbons (Fsp3) is 0.727. The van der Waals surface area contributed by atoms with Crippen LogP contribution in [-0.2, 0) is 29.9 Å². The first-order valence-electron chi connectivity index (χ1n) is 11.7. The lowest BCUT2D eigenvalue weighted by Crippen LogP contribution is -2.52. The Morgan fingerprint density at radius 3 is 2.24 bits per heavy atom. The van der Waals surface area contributed by atoms with Crippen molar-refractivity contribution in [2.45, 2.75) is 61.8 Å². The van der Waals surface area contributed by atoms with E-state index in [1.165, 1.54) is 35.0 Å². The van der Waals surface area contributed by atoms with E-state index in [1.54, 1.807) is 0 Å². The molecule has 4 atom stereocenters. The Bertz CT molecular complexity index is 1170. The summed E-state index contributed by atoms with van der Waals surface area (Å²) in [6.07, 6.45) is 4.93. The molecular weight excluding hydrogens is 484 g/mol.